The lowest BCUT2D eigenvalue weighted by Gasteiger charge is -2.08. The van der Waals surface area contributed by atoms with E-state index in [1.54, 1.807) is 42.5 Å². The number of benzene rings is 2. The first-order valence-electron chi connectivity index (χ1n) is 6.68. The molecule has 0 bridgehead atoms. The van der Waals surface area contributed by atoms with Crippen LogP contribution in [0.25, 0.3) is 0 Å². The van der Waals surface area contributed by atoms with E-state index >= 15 is 0 Å². The van der Waals surface area contributed by atoms with Crippen LogP contribution in [0.4, 0.5) is 11.4 Å². The van der Waals surface area contributed by atoms with Crippen molar-refractivity contribution in [3.8, 4) is 17.6 Å². The topological polar surface area (TPSA) is 100 Å². The zero-order valence-corrected chi connectivity index (χ0v) is 11.8. The van der Waals surface area contributed by atoms with Crippen molar-refractivity contribution in [1.29, 1.82) is 5.26 Å². The van der Waals surface area contributed by atoms with Gasteiger partial charge in [-0.1, -0.05) is 12.1 Å². The lowest BCUT2D eigenvalue weighted by molar-refractivity contribution is -0.133. The highest BCUT2D eigenvalue weighted by molar-refractivity contribution is 6.43. The van der Waals surface area contributed by atoms with Gasteiger partial charge in [-0.05, 0) is 24.3 Å². The summed E-state index contributed by atoms with van der Waals surface area (Å²) in [5, 5.41) is 13.8. The lowest BCUT2D eigenvalue weighted by Crippen LogP contribution is -2.29. The second-order valence-corrected chi connectivity index (χ2v) is 4.63. The average Bonchev–Trinajstić information content (AvgIpc) is 3.03. The lowest BCUT2D eigenvalue weighted by atomic mass is 10.2. The van der Waals surface area contributed by atoms with E-state index < -0.39 is 11.8 Å². The largest absolute Gasteiger partial charge is 0.454 e. The molecule has 7 heteroatoms. The molecule has 0 fully saturated rings. The van der Waals surface area contributed by atoms with E-state index in [1.807, 2.05) is 6.07 Å². The maximum absolute atomic E-state index is 11.9. The number of nitrogens with zero attached hydrogens (tertiary/aromatic N) is 1. The number of nitrogens with one attached hydrogen (secondary N) is 2. The third-order valence-electron chi connectivity index (χ3n) is 3.13. The molecule has 3 rings (SSSR count). The molecule has 0 atom stereocenters. The zero-order valence-electron chi connectivity index (χ0n) is 11.8. The molecule has 1 heterocycles. The Morgan fingerprint density at radius 2 is 1.74 bits per heavy atom. The molecule has 1 aliphatic rings. The van der Waals surface area contributed by atoms with E-state index in [2.05, 4.69) is 10.6 Å². The van der Waals surface area contributed by atoms with Crippen LogP contribution in [0.5, 0.6) is 11.5 Å². The van der Waals surface area contributed by atoms with E-state index in [0.717, 1.165) is 0 Å². The van der Waals surface area contributed by atoms with Crippen LogP contribution in [-0.2, 0) is 9.59 Å². The molecule has 2 amide bonds. The number of hydrogen-bond donors (Lipinski definition) is 2. The molecule has 0 aromatic heterocycles. The minimum absolute atomic E-state index is 0.123. The number of carbonyl (C=O) groups is 2. The third-order valence-corrected chi connectivity index (χ3v) is 3.13. The third kappa shape index (κ3) is 3.06. The van der Waals surface area contributed by atoms with E-state index in [4.69, 9.17) is 14.7 Å². The first-order valence-corrected chi connectivity index (χ1v) is 6.68. The van der Waals surface area contributed by atoms with E-state index in [-0.39, 0.29) is 18.0 Å². The van der Waals surface area contributed by atoms with E-state index in [0.29, 0.717) is 17.2 Å². The quantitative estimate of drug-likeness (QED) is 0.825. The second-order valence-electron chi connectivity index (χ2n) is 4.63. The van der Waals surface area contributed by atoms with Crippen molar-refractivity contribution < 1.29 is 19.1 Å². The fourth-order valence-electron chi connectivity index (χ4n) is 2.03. The molecule has 1 aliphatic heterocycles. The Labute approximate surface area is 131 Å². The Kier molecular flexibility index (Phi) is 3.80. The summed E-state index contributed by atoms with van der Waals surface area (Å²) in [6.07, 6.45) is 0. The van der Waals surface area contributed by atoms with Crippen molar-refractivity contribution in [3.63, 3.8) is 0 Å². The van der Waals surface area contributed by atoms with Crippen LogP contribution >= 0.6 is 0 Å². The average molecular weight is 309 g/mol. The van der Waals surface area contributed by atoms with Crippen molar-refractivity contribution in [1.82, 2.24) is 0 Å². The highest BCUT2D eigenvalue weighted by atomic mass is 16.7. The minimum Gasteiger partial charge on any atom is -0.454 e. The van der Waals surface area contributed by atoms with E-state index in [1.165, 1.54) is 0 Å². The molecule has 0 spiro atoms. The monoisotopic (exact) mass is 309 g/mol. The molecular formula is C16H11N3O4. The molecule has 2 aromatic carbocycles. The van der Waals surface area contributed by atoms with Gasteiger partial charge in [-0.2, -0.15) is 5.26 Å². The Balaban J connectivity index is 1.68. The van der Waals surface area contributed by atoms with Crippen LogP contribution in [-0.4, -0.2) is 18.6 Å². The van der Waals surface area contributed by atoms with Gasteiger partial charge in [0.15, 0.2) is 11.5 Å². The number of nitriles is 1. The van der Waals surface area contributed by atoms with Crippen molar-refractivity contribution >= 4 is 23.2 Å². The summed E-state index contributed by atoms with van der Waals surface area (Å²) in [7, 11) is 0. The van der Waals surface area contributed by atoms with Crippen molar-refractivity contribution in [3.05, 3.63) is 48.0 Å². The van der Waals surface area contributed by atoms with Gasteiger partial charge in [-0.3, -0.25) is 9.59 Å². The van der Waals surface area contributed by atoms with Crippen LogP contribution in [0.3, 0.4) is 0 Å². The number of anilines is 2. The molecule has 2 N–H and O–H groups in total. The minimum atomic E-state index is -0.870. The fraction of sp³-hybridized carbons (Fsp3) is 0.0625. The smallest absolute Gasteiger partial charge is 0.314 e. The van der Waals surface area contributed by atoms with Gasteiger partial charge in [0.05, 0.1) is 11.3 Å². The number of ether oxygens (including phenoxy) is 2. The van der Waals surface area contributed by atoms with Gasteiger partial charge >= 0.3 is 11.8 Å². The van der Waals surface area contributed by atoms with Gasteiger partial charge in [0.25, 0.3) is 0 Å². The maximum Gasteiger partial charge on any atom is 0.314 e. The van der Waals surface area contributed by atoms with Crippen molar-refractivity contribution in [2.24, 2.45) is 0 Å². The molecule has 2 aromatic rings. The first kappa shape index (κ1) is 14.4. The SMILES string of the molecule is N#Cc1ccccc1NC(=O)C(=O)Nc1ccc2c(c1)OCO2. The molecule has 7 nitrogen and oxygen atoms in total. The van der Waals surface area contributed by atoms with Crippen LogP contribution in [0.2, 0.25) is 0 Å². The molecule has 0 unspecified atom stereocenters. The van der Waals surface area contributed by atoms with Crippen LogP contribution < -0.4 is 20.1 Å². The first-order chi connectivity index (χ1) is 11.2. The molecule has 0 saturated heterocycles. The number of hydrogen-bond acceptors (Lipinski definition) is 5. The standard InChI is InChI=1S/C16H11N3O4/c17-8-10-3-1-2-4-12(10)19-16(21)15(20)18-11-5-6-13-14(7-11)23-9-22-13/h1-7H,9H2,(H,18,20)(H,19,21). The van der Waals surface area contributed by atoms with Gasteiger partial charge in [0, 0.05) is 11.8 Å². The summed E-state index contributed by atoms with van der Waals surface area (Å²) >= 11 is 0. The normalized spacial score (nSPS) is 11.4. The summed E-state index contributed by atoms with van der Waals surface area (Å²) < 4.78 is 10.4. The number of rotatable bonds is 2. The summed E-state index contributed by atoms with van der Waals surface area (Å²) in [6.45, 7) is 0.123. The molecule has 23 heavy (non-hydrogen) atoms. The van der Waals surface area contributed by atoms with E-state index in [9.17, 15) is 9.59 Å². The molecule has 0 saturated carbocycles. The van der Waals surface area contributed by atoms with Crippen molar-refractivity contribution in [2.75, 3.05) is 17.4 Å². The Hall–Kier alpha value is -3.53. The zero-order chi connectivity index (χ0) is 16.2. The summed E-state index contributed by atoms with van der Waals surface area (Å²) in [6, 6.07) is 13.2. The highest BCUT2D eigenvalue weighted by Gasteiger charge is 2.18. The van der Waals surface area contributed by atoms with Gasteiger partial charge in [-0.15, -0.1) is 0 Å². The number of para-hydroxylation sites is 1. The molecule has 0 radical (unpaired) electrons. The number of fused-ring (bicyclic) bond motifs is 1. The number of carbonyl (C=O) groups excluding carboxylic acids is 2. The van der Waals surface area contributed by atoms with Gasteiger partial charge in [0.1, 0.15) is 6.07 Å². The van der Waals surface area contributed by atoms with Crippen LogP contribution in [0.1, 0.15) is 5.56 Å². The second kappa shape index (κ2) is 6.07. The Morgan fingerprint density at radius 3 is 2.57 bits per heavy atom. The molecule has 0 aliphatic carbocycles. The van der Waals surface area contributed by atoms with Gasteiger partial charge < -0.3 is 20.1 Å². The van der Waals surface area contributed by atoms with Crippen molar-refractivity contribution in [2.45, 2.75) is 0 Å². The molecule has 114 valence electrons. The fourth-order valence-corrected chi connectivity index (χ4v) is 2.03. The van der Waals surface area contributed by atoms with Gasteiger partial charge in [-0.25, -0.2) is 0 Å². The Bertz CT molecular complexity index is 826. The predicted octanol–water partition coefficient (Wildman–Crippen LogP) is 1.86. The summed E-state index contributed by atoms with van der Waals surface area (Å²) in [4.78, 5) is 23.9. The highest BCUT2D eigenvalue weighted by Crippen LogP contribution is 2.34. The maximum atomic E-state index is 11.9. The predicted molar refractivity (Wildman–Crippen MR) is 81.0 cm³/mol. The summed E-state index contributed by atoms with van der Waals surface area (Å²) in [5.74, 6) is -0.643. The Morgan fingerprint density at radius 1 is 1.00 bits per heavy atom. The van der Waals surface area contributed by atoms with Crippen LogP contribution in [0.15, 0.2) is 42.5 Å². The summed E-state index contributed by atoms with van der Waals surface area (Å²) in [5.41, 5.74) is 0.959. The molecular weight excluding hydrogens is 298 g/mol. The van der Waals surface area contributed by atoms with Gasteiger partial charge in [0.2, 0.25) is 6.79 Å². The number of amides is 2. The van der Waals surface area contributed by atoms with Crippen LogP contribution in [0, 0.1) is 11.3 Å².